The van der Waals surface area contributed by atoms with E-state index in [2.05, 4.69) is 16.0 Å². The number of fused-ring (bicyclic) bond motifs is 1. The molecule has 2 heterocycles. The molecule has 7 heteroatoms. The number of aromatic nitrogens is 2. The minimum Gasteiger partial charge on any atom is -0.369 e. The van der Waals surface area contributed by atoms with Gasteiger partial charge < -0.3 is 15.2 Å². The molecule has 1 aromatic heterocycles. The van der Waals surface area contributed by atoms with E-state index >= 15 is 0 Å². The van der Waals surface area contributed by atoms with E-state index in [1.165, 1.54) is 6.07 Å². The lowest BCUT2D eigenvalue weighted by atomic mass is 9.78. The summed E-state index contributed by atoms with van der Waals surface area (Å²) < 4.78 is 16.5. The number of carbonyl (C=O) groups excluding carboxylic acids is 1. The predicted molar refractivity (Wildman–Crippen MR) is 111 cm³/mol. The van der Waals surface area contributed by atoms with Crippen LogP contribution in [0.15, 0.2) is 55.0 Å². The van der Waals surface area contributed by atoms with Gasteiger partial charge in [0.1, 0.15) is 5.82 Å². The Morgan fingerprint density at radius 1 is 1.37 bits per heavy atom. The van der Waals surface area contributed by atoms with Gasteiger partial charge in [-0.15, -0.1) is 0 Å². The van der Waals surface area contributed by atoms with Crippen molar-refractivity contribution in [2.24, 2.45) is 18.7 Å². The van der Waals surface area contributed by atoms with Crippen LogP contribution >= 0.6 is 0 Å². The maximum absolute atomic E-state index is 14.5. The first-order valence-electron chi connectivity index (χ1n) is 9.75. The van der Waals surface area contributed by atoms with Gasteiger partial charge in [0.15, 0.2) is 0 Å². The van der Waals surface area contributed by atoms with Crippen LogP contribution in [0.3, 0.4) is 0 Å². The van der Waals surface area contributed by atoms with Crippen LogP contribution in [0.4, 0.5) is 10.1 Å². The molecule has 2 aromatic carbocycles. The number of nitrogens with two attached hydrogens (primary N) is 1. The van der Waals surface area contributed by atoms with Crippen molar-refractivity contribution in [3.05, 3.63) is 83.2 Å². The van der Waals surface area contributed by atoms with E-state index in [1.807, 2.05) is 23.7 Å². The summed E-state index contributed by atoms with van der Waals surface area (Å²) in [7, 11) is 1.93. The van der Waals surface area contributed by atoms with Crippen LogP contribution in [-0.4, -0.2) is 22.0 Å². The quantitative estimate of drug-likeness (QED) is 0.710. The zero-order valence-electron chi connectivity index (χ0n) is 16.6. The summed E-state index contributed by atoms with van der Waals surface area (Å²) in [5.41, 5.74) is 9.59. The van der Waals surface area contributed by atoms with E-state index in [0.717, 1.165) is 16.9 Å². The lowest BCUT2D eigenvalue weighted by Gasteiger charge is -2.39. The largest absolute Gasteiger partial charge is 0.369 e. The molecular formula is C23H22FN5O. The highest BCUT2D eigenvalue weighted by atomic mass is 19.1. The molecule has 0 saturated heterocycles. The van der Waals surface area contributed by atoms with Crippen molar-refractivity contribution in [2.75, 3.05) is 11.4 Å². The SMILES string of the molecule is Cn1cncc1CN1CC(C(C(N)=O)c2ccccc2F)Cc2cc(C#N)ccc21. The van der Waals surface area contributed by atoms with E-state index in [9.17, 15) is 14.4 Å². The van der Waals surface area contributed by atoms with Gasteiger partial charge >= 0.3 is 0 Å². The molecule has 0 fully saturated rings. The number of hydrogen-bond acceptors (Lipinski definition) is 4. The van der Waals surface area contributed by atoms with Gasteiger partial charge in [-0.25, -0.2) is 9.37 Å². The standard InChI is InChI=1S/C23H22FN5O/c1-28-14-27-11-18(28)13-29-12-17(9-16-8-15(10-25)6-7-21(16)29)22(23(26)30)19-4-2-3-5-20(19)24/h2-8,11,14,17,22H,9,12-13H2,1H3,(H2,26,30). The van der Waals surface area contributed by atoms with Gasteiger partial charge in [0.05, 0.1) is 36.1 Å². The highest BCUT2D eigenvalue weighted by molar-refractivity contribution is 5.82. The molecule has 4 rings (SSSR count). The van der Waals surface area contributed by atoms with Crippen LogP contribution in [-0.2, 0) is 24.8 Å². The minimum atomic E-state index is -0.765. The first-order valence-corrected chi connectivity index (χ1v) is 9.75. The molecular weight excluding hydrogens is 381 g/mol. The van der Waals surface area contributed by atoms with E-state index in [-0.39, 0.29) is 5.92 Å². The molecule has 0 radical (unpaired) electrons. The van der Waals surface area contributed by atoms with Gasteiger partial charge in [0, 0.05) is 31.0 Å². The molecule has 2 unspecified atom stereocenters. The maximum atomic E-state index is 14.5. The Bertz CT molecular complexity index is 1130. The second kappa shape index (κ2) is 7.99. The average Bonchev–Trinajstić information content (AvgIpc) is 3.13. The first kappa shape index (κ1) is 19.6. The van der Waals surface area contributed by atoms with Crippen molar-refractivity contribution in [1.82, 2.24) is 9.55 Å². The van der Waals surface area contributed by atoms with E-state index in [4.69, 9.17) is 5.73 Å². The summed E-state index contributed by atoms with van der Waals surface area (Å²) in [4.78, 5) is 18.8. The summed E-state index contributed by atoms with van der Waals surface area (Å²) >= 11 is 0. The van der Waals surface area contributed by atoms with Crippen molar-refractivity contribution >= 4 is 11.6 Å². The fourth-order valence-electron chi connectivity index (χ4n) is 4.33. The van der Waals surface area contributed by atoms with Crippen molar-refractivity contribution in [2.45, 2.75) is 18.9 Å². The molecule has 0 aliphatic carbocycles. The lowest BCUT2D eigenvalue weighted by Crippen LogP contribution is -2.41. The van der Waals surface area contributed by atoms with Crippen LogP contribution in [0.5, 0.6) is 0 Å². The topological polar surface area (TPSA) is 87.9 Å². The fourth-order valence-corrected chi connectivity index (χ4v) is 4.33. The van der Waals surface area contributed by atoms with Gasteiger partial charge in [-0.05, 0) is 42.2 Å². The summed E-state index contributed by atoms with van der Waals surface area (Å²) in [5, 5.41) is 9.33. The Morgan fingerprint density at radius 2 is 2.17 bits per heavy atom. The summed E-state index contributed by atoms with van der Waals surface area (Å²) in [6.07, 6.45) is 4.08. The van der Waals surface area contributed by atoms with Crippen LogP contribution in [0.1, 0.15) is 28.3 Å². The van der Waals surface area contributed by atoms with Crippen LogP contribution < -0.4 is 10.6 Å². The smallest absolute Gasteiger partial charge is 0.225 e. The Morgan fingerprint density at radius 3 is 2.83 bits per heavy atom. The van der Waals surface area contributed by atoms with Crippen molar-refractivity contribution in [1.29, 1.82) is 5.26 Å². The number of imidazole rings is 1. The molecule has 1 amide bonds. The molecule has 6 nitrogen and oxygen atoms in total. The Kier molecular flexibility index (Phi) is 5.23. The Labute approximate surface area is 174 Å². The van der Waals surface area contributed by atoms with Crippen LogP contribution in [0.2, 0.25) is 0 Å². The number of carbonyl (C=O) groups is 1. The molecule has 30 heavy (non-hydrogen) atoms. The number of nitriles is 1. The molecule has 0 bridgehead atoms. The van der Waals surface area contributed by atoms with Gasteiger partial charge in [-0.3, -0.25) is 4.79 Å². The number of primary amides is 1. The first-order chi connectivity index (χ1) is 14.5. The Balaban J connectivity index is 1.76. The van der Waals surface area contributed by atoms with Gasteiger partial charge in [0.25, 0.3) is 0 Å². The number of halogens is 1. The van der Waals surface area contributed by atoms with Crippen LogP contribution in [0.25, 0.3) is 0 Å². The van der Waals surface area contributed by atoms with E-state index < -0.39 is 17.6 Å². The second-order valence-corrected chi connectivity index (χ2v) is 7.70. The highest BCUT2D eigenvalue weighted by Gasteiger charge is 2.36. The zero-order chi connectivity index (χ0) is 21.3. The third-order valence-corrected chi connectivity index (χ3v) is 5.77. The molecule has 0 spiro atoms. The molecule has 2 atom stereocenters. The monoisotopic (exact) mass is 403 g/mol. The maximum Gasteiger partial charge on any atom is 0.225 e. The molecule has 1 aliphatic heterocycles. The average molecular weight is 403 g/mol. The molecule has 1 aliphatic rings. The van der Waals surface area contributed by atoms with Gasteiger partial charge in [0.2, 0.25) is 5.91 Å². The summed E-state index contributed by atoms with van der Waals surface area (Å²) in [6, 6.07) is 14.0. The summed E-state index contributed by atoms with van der Waals surface area (Å²) in [6.45, 7) is 1.11. The number of nitrogens with zero attached hydrogens (tertiary/aromatic N) is 4. The van der Waals surface area contributed by atoms with Crippen molar-refractivity contribution in [3.63, 3.8) is 0 Å². The minimum absolute atomic E-state index is 0.228. The van der Waals surface area contributed by atoms with Gasteiger partial charge in [-0.1, -0.05) is 18.2 Å². The molecule has 2 N–H and O–H groups in total. The number of amides is 1. The second-order valence-electron chi connectivity index (χ2n) is 7.70. The fraction of sp³-hybridized carbons (Fsp3) is 0.261. The third-order valence-electron chi connectivity index (χ3n) is 5.77. The molecule has 0 saturated carbocycles. The Hall–Kier alpha value is -3.66. The highest BCUT2D eigenvalue weighted by Crippen LogP contribution is 2.38. The number of rotatable bonds is 5. The third kappa shape index (κ3) is 3.64. The number of hydrogen-bond donors (Lipinski definition) is 1. The molecule has 152 valence electrons. The normalized spacial score (nSPS) is 16.6. The summed E-state index contributed by atoms with van der Waals surface area (Å²) in [5.74, 6) is -1.98. The van der Waals surface area contributed by atoms with Gasteiger partial charge in [-0.2, -0.15) is 5.26 Å². The molecule has 3 aromatic rings. The van der Waals surface area contributed by atoms with E-state index in [0.29, 0.717) is 30.6 Å². The predicted octanol–water partition coefficient (Wildman–Crippen LogP) is 2.88. The number of aryl methyl sites for hydroxylation is 1. The van der Waals surface area contributed by atoms with Crippen molar-refractivity contribution in [3.8, 4) is 6.07 Å². The van der Waals surface area contributed by atoms with Crippen LogP contribution in [0, 0.1) is 23.1 Å². The van der Waals surface area contributed by atoms with Crippen molar-refractivity contribution < 1.29 is 9.18 Å². The number of benzene rings is 2. The number of anilines is 1. The lowest BCUT2D eigenvalue weighted by molar-refractivity contribution is -0.120. The van der Waals surface area contributed by atoms with E-state index in [1.54, 1.807) is 36.8 Å². The zero-order valence-corrected chi connectivity index (χ0v) is 16.6.